The standard InChI is InChI=1S/C26H24ClF4N7O3/c1-25(2)10-18(36-23(41)26(29,30)31)22(40)35-17-9-12(7-8-14(17)25)34-24-33-11-15(27)20(38-24)37-19-13(21(39)32-3)5-4-6-16(19)28/h4-9,11,18H,10H2,1-3H3,(H,32,39)(H,35,40)(H,36,41)(H2,33,34,37,38)/t18-/m1/s1. The van der Waals surface area contributed by atoms with Crippen LogP contribution in [-0.4, -0.2) is 47.0 Å². The number of hydrogen-bond donors (Lipinski definition) is 5. The number of carbonyl (C=O) groups is 3. The fourth-order valence-corrected chi connectivity index (χ4v) is 4.48. The van der Waals surface area contributed by atoms with Gasteiger partial charge in [-0.05, 0) is 41.7 Å². The molecule has 0 saturated carbocycles. The lowest BCUT2D eigenvalue weighted by molar-refractivity contribution is -0.174. The van der Waals surface area contributed by atoms with Crippen molar-refractivity contribution in [3.05, 3.63) is 64.6 Å². The zero-order valence-electron chi connectivity index (χ0n) is 21.8. The Hall–Kier alpha value is -4.46. The first-order valence-corrected chi connectivity index (χ1v) is 12.5. The molecule has 2 heterocycles. The topological polar surface area (TPSA) is 137 Å². The van der Waals surface area contributed by atoms with Gasteiger partial charge in [-0.3, -0.25) is 14.4 Å². The number of carbonyl (C=O) groups excluding carboxylic acids is 3. The summed E-state index contributed by atoms with van der Waals surface area (Å²) in [6.07, 6.45) is -3.96. The Morgan fingerprint density at radius 3 is 2.56 bits per heavy atom. The van der Waals surface area contributed by atoms with Gasteiger partial charge in [0.2, 0.25) is 11.9 Å². The third-order valence-corrected chi connectivity index (χ3v) is 6.61. The molecule has 0 fully saturated rings. The molecule has 10 nitrogen and oxygen atoms in total. The van der Waals surface area contributed by atoms with Gasteiger partial charge in [0.1, 0.15) is 16.9 Å². The highest BCUT2D eigenvalue weighted by Gasteiger charge is 2.43. The van der Waals surface area contributed by atoms with Crippen molar-refractivity contribution in [2.24, 2.45) is 0 Å². The van der Waals surface area contributed by atoms with Crippen molar-refractivity contribution in [3.8, 4) is 0 Å². The van der Waals surface area contributed by atoms with Crippen LogP contribution in [0.5, 0.6) is 0 Å². The van der Waals surface area contributed by atoms with E-state index in [4.69, 9.17) is 11.6 Å². The molecular weight excluding hydrogens is 570 g/mol. The minimum absolute atomic E-state index is 0.00753. The van der Waals surface area contributed by atoms with Gasteiger partial charge in [-0.2, -0.15) is 18.2 Å². The Kier molecular flexibility index (Phi) is 8.06. The Balaban J connectivity index is 1.59. The second-order valence-electron chi connectivity index (χ2n) is 9.74. The molecule has 0 spiro atoms. The fraction of sp³-hybridized carbons (Fsp3) is 0.269. The third-order valence-electron chi connectivity index (χ3n) is 6.33. The lowest BCUT2D eigenvalue weighted by Gasteiger charge is -2.27. The van der Waals surface area contributed by atoms with Gasteiger partial charge in [0.15, 0.2) is 5.82 Å². The molecule has 0 aliphatic carbocycles. The average molecular weight is 594 g/mol. The maximum Gasteiger partial charge on any atom is 0.471 e. The van der Waals surface area contributed by atoms with Gasteiger partial charge < -0.3 is 26.6 Å². The van der Waals surface area contributed by atoms with Crippen molar-refractivity contribution >= 4 is 58.2 Å². The predicted molar refractivity (Wildman–Crippen MR) is 144 cm³/mol. The number of fused-ring (bicyclic) bond motifs is 1. The van der Waals surface area contributed by atoms with E-state index in [9.17, 15) is 31.9 Å². The molecule has 41 heavy (non-hydrogen) atoms. The summed E-state index contributed by atoms with van der Waals surface area (Å²) in [5.74, 6) is -4.26. The molecule has 1 aliphatic rings. The van der Waals surface area contributed by atoms with Gasteiger partial charge in [0.05, 0.1) is 17.4 Å². The lowest BCUT2D eigenvalue weighted by Crippen LogP contribution is -2.49. The van der Waals surface area contributed by atoms with E-state index >= 15 is 0 Å². The van der Waals surface area contributed by atoms with Gasteiger partial charge in [-0.15, -0.1) is 0 Å². The van der Waals surface area contributed by atoms with Gasteiger partial charge in [0.25, 0.3) is 5.91 Å². The van der Waals surface area contributed by atoms with Crippen LogP contribution in [-0.2, 0) is 15.0 Å². The quantitative estimate of drug-likeness (QED) is 0.259. The van der Waals surface area contributed by atoms with E-state index in [1.165, 1.54) is 31.4 Å². The first kappa shape index (κ1) is 29.5. The zero-order valence-corrected chi connectivity index (χ0v) is 22.6. The van der Waals surface area contributed by atoms with Crippen LogP contribution < -0.4 is 26.6 Å². The summed E-state index contributed by atoms with van der Waals surface area (Å²) in [6, 6.07) is 7.40. The average Bonchev–Trinajstić information content (AvgIpc) is 2.98. The highest BCUT2D eigenvalue weighted by atomic mass is 35.5. The molecule has 4 rings (SSSR count). The summed E-state index contributed by atoms with van der Waals surface area (Å²) in [5.41, 5.74) is 0.393. The van der Waals surface area contributed by atoms with Crippen molar-refractivity contribution in [1.29, 1.82) is 0 Å². The Bertz CT molecular complexity index is 1530. The fourth-order valence-electron chi connectivity index (χ4n) is 4.34. The molecule has 216 valence electrons. The van der Waals surface area contributed by atoms with Gasteiger partial charge in [-0.1, -0.05) is 37.6 Å². The van der Waals surface area contributed by atoms with Crippen molar-refractivity contribution < 1.29 is 31.9 Å². The van der Waals surface area contributed by atoms with Crippen molar-refractivity contribution in [3.63, 3.8) is 0 Å². The highest BCUT2D eigenvalue weighted by Crippen LogP contribution is 2.39. The van der Waals surface area contributed by atoms with E-state index in [1.807, 2.05) is 0 Å². The van der Waals surface area contributed by atoms with Crippen LogP contribution in [0.1, 0.15) is 36.2 Å². The number of alkyl halides is 3. The molecular formula is C26H24ClF4N7O3. The van der Waals surface area contributed by atoms with E-state index in [-0.39, 0.29) is 34.5 Å². The number of benzene rings is 2. The predicted octanol–water partition coefficient (Wildman–Crippen LogP) is 4.78. The number of para-hydroxylation sites is 1. The van der Waals surface area contributed by atoms with E-state index in [0.717, 1.165) is 6.07 Å². The summed E-state index contributed by atoms with van der Waals surface area (Å²) in [4.78, 5) is 44.8. The van der Waals surface area contributed by atoms with E-state index in [1.54, 1.807) is 31.3 Å². The van der Waals surface area contributed by atoms with Crippen LogP contribution in [0.2, 0.25) is 5.02 Å². The number of anilines is 5. The highest BCUT2D eigenvalue weighted by molar-refractivity contribution is 6.33. The monoisotopic (exact) mass is 593 g/mol. The largest absolute Gasteiger partial charge is 0.471 e. The molecule has 0 bridgehead atoms. The molecule has 0 radical (unpaired) electrons. The zero-order chi connectivity index (χ0) is 30.1. The molecule has 1 aromatic heterocycles. The smallest absolute Gasteiger partial charge is 0.355 e. The number of halogens is 5. The Morgan fingerprint density at radius 1 is 1.15 bits per heavy atom. The Labute approximate surface area is 236 Å². The molecule has 0 saturated heterocycles. The molecule has 3 aromatic rings. The number of aromatic nitrogens is 2. The normalized spacial score (nSPS) is 16.1. The molecule has 1 atom stereocenters. The van der Waals surface area contributed by atoms with Crippen molar-refractivity contribution in [2.75, 3.05) is 23.0 Å². The van der Waals surface area contributed by atoms with E-state index < -0.39 is 41.2 Å². The second-order valence-corrected chi connectivity index (χ2v) is 10.2. The summed E-state index contributed by atoms with van der Waals surface area (Å²) < 4.78 is 53.0. The molecule has 3 amide bonds. The number of amides is 3. The lowest BCUT2D eigenvalue weighted by atomic mass is 9.79. The number of nitrogens with zero attached hydrogens (tertiary/aromatic N) is 2. The second kappa shape index (κ2) is 11.2. The molecule has 2 aromatic carbocycles. The summed E-state index contributed by atoms with van der Waals surface area (Å²) in [7, 11) is 1.40. The van der Waals surface area contributed by atoms with E-state index in [0.29, 0.717) is 16.9 Å². The van der Waals surface area contributed by atoms with Gasteiger partial charge >= 0.3 is 12.1 Å². The summed E-state index contributed by atoms with van der Waals surface area (Å²) in [6.45, 7) is 3.48. The number of hydrogen-bond acceptors (Lipinski definition) is 7. The van der Waals surface area contributed by atoms with Crippen LogP contribution in [0.15, 0.2) is 42.6 Å². The molecule has 5 N–H and O–H groups in total. The molecule has 15 heteroatoms. The maximum absolute atomic E-state index is 14.6. The van der Waals surface area contributed by atoms with Crippen molar-refractivity contribution in [1.82, 2.24) is 20.6 Å². The summed E-state index contributed by atoms with van der Waals surface area (Å²) >= 11 is 6.22. The van der Waals surface area contributed by atoms with Crippen LogP contribution in [0.3, 0.4) is 0 Å². The first-order chi connectivity index (χ1) is 19.2. The molecule has 0 unspecified atom stereocenters. The van der Waals surface area contributed by atoms with Crippen LogP contribution in [0, 0.1) is 5.82 Å². The summed E-state index contributed by atoms with van der Waals surface area (Å²) in [5, 5.41) is 12.5. The SMILES string of the molecule is CNC(=O)c1cccc(F)c1Nc1nc(Nc2ccc3c(c2)NC(=O)[C@H](NC(=O)C(F)(F)F)CC3(C)C)ncc1Cl. The van der Waals surface area contributed by atoms with E-state index in [2.05, 4.69) is 31.2 Å². The first-order valence-electron chi connectivity index (χ1n) is 12.1. The van der Waals surface area contributed by atoms with Gasteiger partial charge in [0, 0.05) is 18.4 Å². The van der Waals surface area contributed by atoms with Crippen LogP contribution in [0.4, 0.5) is 46.4 Å². The maximum atomic E-state index is 14.6. The molecule has 1 aliphatic heterocycles. The minimum Gasteiger partial charge on any atom is -0.355 e. The third kappa shape index (κ3) is 6.48. The van der Waals surface area contributed by atoms with Crippen molar-refractivity contribution in [2.45, 2.75) is 37.9 Å². The number of rotatable bonds is 6. The van der Waals surface area contributed by atoms with Gasteiger partial charge in [-0.25, -0.2) is 9.37 Å². The van der Waals surface area contributed by atoms with Crippen LogP contribution >= 0.6 is 11.6 Å². The minimum atomic E-state index is -5.14. The Morgan fingerprint density at radius 2 is 1.88 bits per heavy atom. The number of nitrogens with one attached hydrogen (secondary N) is 5. The van der Waals surface area contributed by atoms with Crippen LogP contribution in [0.25, 0.3) is 0 Å².